The third-order valence-corrected chi connectivity index (χ3v) is 6.78. The molecule has 0 aliphatic rings. The average Bonchev–Trinajstić information content (AvgIpc) is 2.73. The van der Waals surface area contributed by atoms with Crippen molar-refractivity contribution in [3.8, 4) is 0 Å². The molecule has 0 saturated carbocycles. The number of hydrogen-bond acceptors (Lipinski definition) is 1. The highest BCUT2D eigenvalue weighted by atomic mass is 127. The Bertz CT molecular complexity index is 412. The summed E-state index contributed by atoms with van der Waals surface area (Å²) >= 11 is 2.15. The number of nitrogens with zero attached hydrogens (tertiary/aromatic N) is 1. The Morgan fingerprint density at radius 2 is 0.931 bits per heavy atom. The van der Waals surface area contributed by atoms with Gasteiger partial charge in [-0.3, -0.25) is 0 Å². The maximum Gasteiger partial charge on any atom is 0.168 e. The molecule has 1 rings (SSSR count). The van der Waals surface area contributed by atoms with Gasteiger partial charge in [0.15, 0.2) is 12.4 Å². The van der Waals surface area contributed by atoms with Crippen molar-refractivity contribution < 1.29 is 28.5 Å². The third kappa shape index (κ3) is 21.3. The van der Waals surface area contributed by atoms with E-state index in [9.17, 15) is 0 Å². The molecule has 0 aliphatic carbocycles. The molecule has 0 aromatic carbocycles. The lowest BCUT2D eigenvalue weighted by molar-refractivity contribution is -0.696. The van der Waals surface area contributed by atoms with E-state index in [-0.39, 0.29) is 24.0 Å². The molecule has 0 N–H and O–H groups in total. The van der Waals surface area contributed by atoms with Crippen molar-refractivity contribution in [2.75, 3.05) is 11.5 Å². The van der Waals surface area contributed by atoms with E-state index in [1.54, 1.807) is 0 Å². The fraction of sp³-hybridized carbons (Fsp3) is 0.808. The van der Waals surface area contributed by atoms with Gasteiger partial charge in [-0.2, -0.15) is 11.8 Å². The first-order chi connectivity index (χ1) is 13.9. The molecule has 29 heavy (non-hydrogen) atoms. The predicted molar refractivity (Wildman–Crippen MR) is 128 cm³/mol. The second-order valence-corrected chi connectivity index (χ2v) is 9.61. The van der Waals surface area contributed by atoms with Crippen LogP contribution in [0.4, 0.5) is 0 Å². The summed E-state index contributed by atoms with van der Waals surface area (Å²) in [6.07, 6.45) is 29.0. The zero-order valence-electron chi connectivity index (χ0n) is 19.3. The molecule has 1 aromatic rings. The summed E-state index contributed by atoms with van der Waals surface area (Å²) < 4.78 is 2.29. The SMILES string of the molecule is CCCCCCCCCCCCCCCCCCSCCC[n+]1ccccc1.[I-]. The maximum absolute atomic E-state index is 2.30. The molecule has 0 aliphatic heterocycles. The third-order valence-electron chi connectivity index (χ3n) is 5.62. The molecule has 0 bridgehead atoms. The quantitative estimate of drug-likeness (QED) is 0.117. The molecule has 170 valence electrons. The van der Waals surface area contributed by atoms with Crippen molar-refractivity contribution in [3.63, 3.8) is 0 Å². The Kier molecular flexibility index (Phi) is 24.7. The Labute approximate surface area is 204 Å². The maximum atomic E-state index is 2.30. The van der Waals surface area contributed by atoms with Crippen LogP contribution in [0.25, 0.3) is 0 Å². The lowest BCUT2D eigenvalue weighted by Gasteiger charge is -2.04. The number of aryl methyl sites for hydroxylation is 1. The Hall–Kier alpha value is 0.230. The number of hydrogen-bond donors (Lipinski definition) is 0. The highest BCUT2D eigenvalue weighted by Crippen LogP contribution is 2.14. The van der Waals surface area contributed by atoms with Crippen LogP contribution in [0.3, 0.4) is 0 Å². The van der Waals surface area contributed by atoms with Crippen LogP contribution in [0.1, 0.15) is 116 Å². The van der Waals surface area contributed by atoms with Crippen molar-refractivity contribution >= 4 is 11.8 Å². The van der Waals surface area contributed by atoms with Crippen LogP contribution in [-0.4, -0.2) is 11.5 Å². The topological polar surface area (TPSA) is 3.88 Å². The summed E-state index contributed by atoms with van der Waals surface area (Å²) in [6.45, 7) is 3.46. The van der Waals surface area contributed by atoms with Gasteiger partial charge in [0.2, 0.25) is 0 Å². The average molecular weight is 534 g/mol. The minimum atomic E-state index is 0. The molecule has 0 fully saturated rings. The monoisotopic (exact) mass is 533 g/mol. The summed E-state index contributed by atoms with van der Waals surface area (Å²) in [5.41, 5.74) is 0. The van der Waals surface area contributed by atoms with Gasteiger partial charge in [-0.15, -0.1) is 0 Å². The smallest absolute Gasteiger partial charge is 0.168 e. The number of pyridine rings is 1. The van der Waals surface area contributed by atoms with Gasteiger partial charge in [0, 0.05) is 18.6 Å². The molecule has 0 saturated heterocycles. The molecule has 0 radical (unpaired) electrons. The van der Waals surface area contributed by atoms with Crippen LogP contribution in [-0.2, 0) is 6.54 Å². The fourth-order valence-corrected chi connectivity index (χ4v) is 4.73. The van der Waals surface area contributed by atoms with E-state index in [0.717, 1.165) is 6.54 Å². The Morgan fingerprint density at radius 1 is 0.517 bits per heavy atom. The second-order valence-electron chi connectivity index (χ2n) is 8.38. The zero-order chi connectivity index (χ0) is 20.0. The number of rotatable bonds is 21. The van der Waals surface area contributed by atoms with Crippen molar-refractivity contribution in [2.24, 2.45) is 0 Å². The Morgan fingerprint density at radius 3 is 1.41 bits per heavy atom. The molecule has 3 heteroatoms. The van der Waals surface area contributed by atoms with Crippen LogP contribution in [0.15, 0.2) is 30.6 Å². The van der Waals surface area contributed by atoms with E-state index in [0.29, 0.717) is 0 Å². The normalized spacial score (nSPS) is 10.8. The molecule has 1 aromatic heterocycles. The van der Waals surface area contributed by atoms with E-state index in [1.807, 2.05) is 0 Å². The van der Waals surface area contributed by atoms with Gasteiger partial charge in [0.25, 0.3) is 0 Å². The van der Waals surface area contributed by atoms with E-state index in [1.165, 1.54) is 121 Å². The van der Waals surface area contributed by atoms with E-state index in [4.69, 9.17) is 0 Å². The van der Waals surface area contributed by atoms with E-state index < -0.39 is 0 Å². The first-order valence-electron chi connectivity index (χ1n) is 12.5. The summed E-state index contributed by atoms with van der Waals surface area (Å²) in [4.78, 5) is 0. The van der Waals surface area contributed by atoms with Crippen LogP contribution < -0.4 is 28.5 Å². The first-order valence-corrected chi connectivity index (χ1v) is 13.6. The van der Waals surface area contributed by atoms with Gasteiger partial charge in [0.1, 0.15) is 6.54 Å². The van der Waals surface area contributed by atoms with Crippen molar-refractivity contribution in [1.82, 2.24) is 0 Å². The zero-order valence-corrected chi connectivity index (χ0v) is 22.2. The molecule has 1 heterocycles. The molecule has 0 spiro atoms. The summed E-state index contributed by atoms with van der Waals surface area (Å²) in [6, 6.07) is 6.32. The summed E-state index contributed by atoms with van der Waals surface area (Å²) in [5, 5.41) is 0. The molecular weight excluding hydrogens is 485 g/mol. The lowest BCUT2D eigenvalue weighted by Crippen LogP contribution is -3.00. The van der Waals surface area contributed by atoms with Gasteiger partial charge in [-0.25, -0.2) is 4.57 Å². The second kappa shape index (κ2) is 24.5. The number of thioether (sulfide) groups is 1. The highest BCUT2D eigenvalue weighted by Gasteiger charge is 1.98. The minimum absolute atomic E-state index is 0. The first kappa shape index (κ1) is 29.2. The number of halogens is 1. The van der Waals surface area contributed by atoms with Gasteiger partial charge in [-0.05, 0) is 17.9 Å². The molecule has 1 nitrogen and oxygen atoms in total. The number of unbranched alkanes of at least 4 members (excludes halogenated alkanes) is 15. The van der Waals surface area contributed by atoms with E-state index in [2.05, 4.69) is 53.8 Å². The van der Waals surface area contributed by atoms with Gasteiger partial charge in [0.05, 0.1) is 0 Å². The molecule has 0 atom stereocenters. The standard InChI is InChI=1S/C26H48NS.HI/c1-2-3-4-5-6-7-8-9-10-11-12-13-14-15-16-20-25-28-26-21-24-27-22-18-17-19-23-27;/h17-19,22-23H,2-16,20-21,24-26H2,1H3;1H/q+1;/p-1. The van der Waals surface area contributed by atoms with Crippen LogP contribution in [0.5, 0.6) is 0 Å². The molecule has 0 amide bonds. The van der Waals surface area contributed by atoms with Crippen LogP contribution in [0.2, 0.25) is 0 Å². The van der Waals surface area contributed by atoms with Crippen LogP contribution >= 0.6 is 11.8 Å². The van der Waals surface area contributed by atoms with Crippen molar-refractivity contribution in [2.45, 2.75) is 123 Å². The van der Waals surface area contributed by atoms with Crippen molar-refractivity contribution in [1.29, 1.82) is 0 Å². The summed E-state index contributed by atoms with van der Waals surface area (Å²) in [5.74, 6) is 2.67. The predicted octanol–water partition coefficient (Wildman–Crippen LogP) is 5.36. The molecule has 0 unspecified atom stereocenters. The Balaban J connectivity index is 0.00000784. The van der Waals surface area contributed by atoms with E-state index >= 15 is 0 Å². The van der Waals surface area contributed by atoms with Gasteiger partial charge >= 0.3 is 0 Å². The van der Waals surface area contributed by atoms with Gasteiger partial charge in [-0.1, -0.05) is 109 Å². The van der Waals surface area contributed by atoms with Crippen LogP contribution in [0, 0.1) is 0 Å². The summed E-state index contributed by atoms with van der Waals surface area (Å²) in [7, 11) is 0. The van der Waals surface area contributed by atoms with Gasteiger partial charge < -0.3 is 24.0 Å². The van der Waals surface area contributed by atoms with Crippen molar-refractivity contribution in [3.05, 3.63) is 30.6 Å². The lowest BCUT2D eigenvalue weighted by atomic mass is 10.0. The number of aromatic nitrogens is 1. The minimum Gasteiger partial charge on any atom is -1.00 e. The fourth-order valence-electron chi connectivity index (χ4n) is 3.79. The highest BCUT2D eigenvalue weighted by molar-refractivity contribution is 7.99. The largest absolute Gasteiger partial charge is 1.00 e. The molecular formula is C26H48INS.